The van der Waals surface area contributed by atoms with Crippen molar-refractivity contribution in [3.8, 4) is 0 Å². The third-order valence-electron chi connectivity index (χ3n) is 4.83. The number of aryl methyl sites for hydroxylation is 1. The minimum Gasteiger partial charge on any atom is -0.349 e. The van der Waals surface area contributed by atoms with Gasteiger partial charge >= 0.3 is 11.1 Å². The van der Waals surface area contributed by atoms with Crippen LogP contribution < -0.4 is 22.2 Å². The van der Waals surface area contributed by atoms with Crippen LogP contribution in [0, 0.1) is 5.92 Å². The molecule has 0 bridgehead atoms. The fourth-order valence-electron chi connectivity index (χ4n) is 3.50. The zero-order chi connectivity index (χ0) is 17.3. The molecule has 24 heavy (non-hydrogen) atoms. The molecule has 7 heteroatoms. The first-order chi connectivity index (χ1) is 11.5. The summed E-state index contributed by atoms with van der Waals surface area (Å²) in [4.78, 5) is 38.7. The molecule has 128 valence electrons. The van der Waals surface area contributed by atoms with E-state index in [2.05, 4.69) is 10.3 Å². The van der Waals surface area contributed by atoms with Crippen LogP contribution >= 0.6 is 0 Å². The van der Waals surface area contributed by atoms with Crippen LogP contribution in [0.1, 0.15) is 36.5 Å². The highest BCUT2D eigenvalue weighted by molar-refractivity contribution is 5.97. The summed E-state index contributed by atoms with van der Waals surface area (Å²) < 4.78 is 1.40. The molecule has 1 fully saturated rings. The summed E-state index contributed by atoms with van der Waals surface area (Å²) in [6.45, 7) is 2.76. The number of amides is 1. The van der Waals surface area contributed by atoms with Crippen LogP contribution in [0.25, 0.3) is 11.0 Å². The molecule has 1 aromatic carbocycles. The lowest BCUT2D eigenvalue weighted by Crippen LogP contribution is -2.40. The van der Waals surface area contributed by atoms with E-state index in [0.29, 0.717) is 35.6 Å². The molecule has 1 saturated carbocycles. The van der Waals surface area contributed by atoms with Gasteiger partial charge in [-0.1, -0.05) is 6.42 Å². The topological polar surface area (TPSA) is 110 Å². The molecule has 0 saturated heterocycles. The van der Waals surface area contributed by atoms with Crippen LogP contribution in [-0.2, 0) is 6.54 Å². The summed E-state index contributed by atoms with van der Waals surface area (Å²) in [6.07, 6.45) is 3.04. The summed E-state index contributed by atoms with van der Waals surface area (Å²) in [5, 5.41) is 3.04. The highest BCUT2D eigenvalue weighted by Crippen LogP contribution is 2.25. The quantitative estimate of drug-likeness (QED) is 0.712. The Morgan fingerprint density at radius 3 is 2.88 bits per heavy atom. The molecule has 2 atom stereocenters. The fourth-order valence-corrected chi connectivity index (χ4v) is 3.50. The lowest BCUT2D eigenvalue weighted by atomic mass is 10.0. The first-order valence-corrected chi connectivity index (χ1v) is 8.33. The predicted octanol–water partition coefficient (Wildman–Crippen LogP) is 0.567. The molecule has 2 unspecified atom stereocenters. The normalized spacial score (nSPS) is 20.4. The third-order valence-corrected chi connectivity index (χ3v) is 4.83. The molecule has 1 aliphatic carbocycles. The van der Waals surface area contributed by atoms with Gasteiger partial charge in [0.25, 0.3) is 5.91 Å². The first kappa shape index (κ1) is 16.4. The smallest absolute Gasteiger partial charge is 0.316 e. The predicted molar refractivity (Wildman–Crippen MR) is 92.2 cm³/mol. The van der Waals surface area contributed by atoms with Crippen molar-refractivity contribution in [2.45, 2.75) is 38.8 Å². The maximum absolute atomic E-state index is 12.5. The number of carbonyl (C=O) groups is 1. The number of carbonyl (C=O) groups excluding carboxylic acids is 1. The zero-order valence-electron chi connectivity index (χ0n) is 13.7. The molecular formula is C17H22N4O3. The Hall–Kier alpha value is -2.41. The Bertz CT molecular complexity index is 884. The number of nitrogens with one attached hydrogen (secondary N) is 2. The second-order valence-corrected chi connectivity index (χ2v) is 6.24. The number of H-pyrrole nitrogens is 1. The number of hydrogen-bond donors (Lipinski definition) is 3. The number of fused-ring (bicyclic) bond motifs is 1. The Morgan fingerprint density at radius 1 is 1.38 bits per heavy atom. The fraction of sp³-hybridized carbons (Fsp3) is 0.471. The van der Waals surface area contributed by atoms with Crippen molar-refractivity contribution in [1.29, 1.82) is 0 Å². The van der Waals surface area contributed by atoms with Gasteiger partial charge in [-0.05, 0) is 50.4 Å². The molecule has 1 aromatic heterocycles. The Kier molecular flexibility index (Phi) is 4.53. The number of hydrogen-bond acceptors (Lipinski definition) is 4. The van der Waals surface area contributed by atoms with Crippen LogP contribution in [0.2, 0.25) is 0 Å². The van der Waals surface area contributed by atoms with Crippen molar-refractivity contribution >= 4 is 16.9 Å². The molecule has 4 N–H and O–H groups in total. The maximum Gasteiger partial charge on any atom is 0.316 e. The number of nitrogens with zero attached hydrogens (tertiary/aromatic N) is 1. The first-order valence-electron chi connectivity index (χ1n) is 8.33. The monoisotopic (exact) mass is 330 g/mol. The van der Waals surface area contributed by atoms with Crippen molar-refractivity contribution in [2.24, 2.45) is 11.7 Å². The molecule has 0 spiro atoms. The second-order valence-electron chi connectivity index (χ2n) is 6.24. The highest BCUT2D eigenvalue weighted by atomic mass is 16.2. The molecule has 3 rings (SSSR count). The molecular weight excluding hydrogens is 308 g/mol. The van der Waals surface area contributed by atoms with Gasteiger partial charge in [-0.3, -0.25) is 14.4 Å². The van der Waals surface area contributed by atoms with Crippen molar-refractivity contribution < 1.29 is 4.79 Å². The Labute approximate surface area is 138 Å². The van der Waals surface area contributed by atoms with Gasteiger partial charge in [-0.25, -0.2) is 0 Å². The molecule has 1 amide bonds. The van der Waals surface area contributed by atoms with E-state index in [0.717, 1.165) is 19.3 Å². The van der Waals surface area contributed by atoms with Gasteiger partial charge < -0.3 is 20.6 Å². The van der Waals surface area contributed by atoms with Gasteiger partial charge in [-0.15, -0.1) is 0 Å². The van der Waals surface area contributed by atoms with E-state index in [9.17, 15) is 14.4 Å². The standard InChI is InChI=1S/C17H22N4O3/c1-2-21-14-7-6-10(8-13(14)20-16(23)17(21)24)15(22)19-12-5-3-4-11(12)9-18/h6-8,11-12H,2-5,9,18H2,1H3,(H,19,22)(H,20,23). The van der Waals surface area contributed by atoms with Crippen LogP contribution in [0.15, 0.2) is 27.8 Å². The molecule has 0 radical (unpaired) electrons. The Balaban J connectivity index is 1.93. The number of rotatable bonds is 4. The van der Waals surface area contributed by atoms with Crippen molar-refractivity contribution in [3.63, 3.8) is 0 Å². The molecule has 1 heterocycles. The van der Waals surface area contributed by atoms with Gasteiger partial charge in [0.05, 0.1) is 11.0 Å². The molecule has 1 aliphatic rings. The lowest BCUT2D eigenvalue weighted by Gasteiger charge is -2.19. The van der Waals surface area contributed by atoms with Crippen molar-refractivity contribution in [3.05, 3.63) is 44.5 Å². The minimum absolute atomic E-state index is 0.0989. The van der Waals surface area contributed by atoms with Gasteiger partial charge in [0.2, 0.25) is 0 Å². The van der Waals surface area contributed by atoms with Crippen LogP contribution in [0.5, 0.6) is 0 Å². The number of aromatic amines is 1. The van der Waals surface area contributed by atoms with Gasteiger partial charge in [-0.2, -0.15) is 0 Å². The average Bonchev–Trinajstić information content (AvgIpc) is 3.02. The van der Waals surface area contributed by atoms with Gasteiger partial charge in [0.1, 0.15) is 0 Å². The van der Waals surface area contributed by atoms with E-state index < -0.39 is 11.1 Å². The van der Waals surface area contributed by atoms with E-state index in [4.69, 9.17) is 5.73 Å². The summed E-state index contributed by atoms with van der Waals surface area (Å²) in [6, 6.07) is 5.08. The van der Waals surface area contributed by atoms with E-state index in [1.54, 1.807) is 25.1 Å². The number of benzene rings is 1. The summed E-state index contributed by atoms with van der Waals surface area (Å²) in [5.41, 5.74) is 6.04. The second kappa shape index (κ2) is 6.60. The summed E-state index contributed by atoms with van der Waals surface area (Å²) in [5.74, 6) is 0.136. The van der Waals surface area contributed by atoms with E-state index in [1.165, 1.54) is 4.57 Å². The van der Waals surface area contributed by atoms with E-state index >= 15 is 0 Å². The van der Waals surface area contributed by atoms with Gasteiger partial charge in [0.15, 0.2) is 0 Å². The summed E-state index contributed by atoms with van der Waals surface area (Å²) in [7, 11) is 0. The molecule has 7 nitrogen and oxygen atoms in total. The van der Waals surface area contributed by atoms with Crippen LogP contribution in [0.4, 0.5) is 0 Å². The van der Waals surface area contributed by atoms with Crippen molar-refractivity contribution in [1.82, 2.24) is 14.9 Å². The average molecular weight is 330 g/mol. The van der Waals surface area contributed by atoms with E-state index in [-0.39, 0.29) is 11.9 Å². The Morgan fingerprint density at radius 2 is 2.17 bits per heavy atom. The van der Waals surface area contributed by atoms with Crippen LogP contribution in [0.3, 0.4) is 0 Å². The molecule has 2 aromatic rings. The largest absolute Gasteiger partial charge is 0.349 e. The van der Waals surface area contributed by atoms with Gasteiger partial charge in [0, 0.05) is 18.2 Å². The highest BCUT2D eigenvalue weighted by Gasteiger charge is 2.27. The lowest BCUT2D eigenvalue weighted by molar-refractivity contribution is 0.0929. The third kappa shape index (κ3) is 2.87. The number of nitrogens with two attached hydrogens (primary N) is 1. The van der Waals surface area contributed by atoms with E-state index in [1.807, 2.05) is 0 Å². The van der Waals surface area contributed by atoms with Crippen LogP contribution in [-0.4, -0.2) is 28.0 Å². The maximum atomic E-state index is 12.5. The number of aromatic nitrogens is 2. The summed E-state index contributed by atoms with van der Waals surface area (Å²) >= 11 is 0. The minimum atomic E-state index is -0.680. The zero-order valence-corrected chi connectivity index (χ0v) is 13.7. The molecule has 0 aliphatic heterocycles. The van der Waals surface area contributed by atoms with Crippen molar-refractivity contribution in [2.75, 3.05) is 6.54 Å². The SMILES string of the molecule is CCn1c(=O)c(=O)[nH]c2cc(C(=O)NC3CCCC3CN)ccc21.